The smallest absolute Gasteiger partial charge is 0.193 e. The highest BCUT2D eigenvalue weighted by Gasteiger charge is 2.39. The van der Waals surface area contributed by atoms with E-state index in [0.29, 0.717) is 12.0 Å². The Labute approximate surface area is 137 Å². The third kappa shape index (κ3) is 3.59. The second-order valence-electron chi connectivity index (χ2n) is 6.92. The molecule has 0 amide bonds. The van der Waals surface area contributed by atoms with Gasteiger partial charge in [-0.2, -0.15) is 0 Å². The van der Waals surface area contributed by atoms with Crippen LogP contribution in [-0.4, -0.2) is 36.1 Å². The van der Waals surface area contributed by atoms with Crippen molar-refractivity contribution in [2.45, 2.75) is 45.1 Å². The molecule has 0 atom stereocenters. The Morgan fingerprint density at radius 3 is 2.78 bits per heavy atom. The van der Waals surface area contributed by atoms with Crippen molar-refractivity contribution in [3.05, 3.63) is 29.6 Å². The highest BCUT2D eigenvalue weighted by Crippen LogP contribution is 2.43. The highest BCUT2D eigenvalue weighted by atomic mass is 19.1. The van der Waals surface area contributed by atoms with E-state index in [9.17, 15) is 9.50 Å². The molecule has 4 nitrogen and oxygen atoms in total. The monoisotopic (exact) mass is 319 g/mol. The number of halogens is 1. The molecule has 0 bridgehead atoms. The van der Waals surface area contributed by atoms with Crippen molar-refractivity contribution >= 4 is 5.96 Å². The molecular formula is C18H26FN3O. The normalized spacial score (nSPS) is 21.0. The first kappa shape index (κ1) is 16.1. The highest BCUT2D eigenvalue weighted by molar-refractivity contribution is 5.80. The minimum atomic E-state index is -0.582. The number of hydrogen-bond acceptors (Lipinski definition) is 2. The van der Waals surface area contributed by atoms with Crippen molar-refractivity contribution in [1.82, 2.24) is 10.2 Å². The largest absolute Gasteiger partial charge is 0.505 e. The number of nitrogens with one attached hydrogen (secondary N) is 1. The zero-order chi connectivity index (χ0) is 16.3. The molecule has 2 fully saturated rings. The molecule has 126 valence electrons. The van der Waals surface area contributed by atoms with E-state index in [0.717, 1.165) is 24.6 Å². The Bertz CT molecular complexity index is 582. The standard InChI is InChI=1S/C18H26FN3O/c1-20-17(21-12-14-5-6-16(23)15(19)11-14)22-10-9-18(13-22)7-3-2-4-8-18/h5-6,11,23H,2-4,7-10,12-13H2,1H3,(H,20,21). The number of phenolic OH excluding ortho intramolecular Hbond substituents is 1. The molecule has 1 aromatic carbocycles. The number of aromatic hydroxyl groups is 1. The zero-order valence-electron chi connectivity index (χ0n) is 13.8. The average Bonchev–Trinajstić information content (AvgIpc) is 2.95. The predicted molar refractivity (Wildman–Crippen MR) is 90.0 cm³/mol. The summed E-state index contributed by atoms with van der Waals surface area (Å²) in [5.41, 5.74) is 1.29. The molecule has 1 aliphatic carbocycles. The molecule has 1 spiro atoms. The van der Waals surface area contributed by atoms with Gasteiger partial charge in [0.05, 0.1) is 0 Å². The minimum absolute atomic E-state index is 0.308. The molecule has 0 radical (unpaired) electrons. The number of rotatable bonds is 2. The third-order valence-corrected chi connectivity index (χ3v) is 5.33. The van der Waals surface area contributed by atoms with E-state index >= 15 is 0 Å². The van der Waals surface area contributed by atoms with Crippen molar-refractivity contribution in [2.75, 3.05) is 20.1 Å². The number of nitrogens with zero attached hydrogens (tertiary/aromatic N) is 2. The lowest BCUT2D eigenvalue weighted by Crippen LogP contribution is -2.41. The van der Waals surface area contributed by atoms with Crippen LogP contribution < -0.4 is 5.32 Å². The molecule has 1 heterocycles. The van der Waals surface area contributed by atoms with Crippen molar-refractivity contribution in [3.8, 4) is 5.75 Å². The number of phenols is 1. The van der Waals surface area contributed by atoms with Gasteiger partial charge in [-0.3, -0.25) is 4.99 Å². The summed E-state index contributed by atoms with van der Waals surface area (Å²) in [7, 11) is 1.80. The first-order chi connectivity index (χ1) is 11.1. The van der Waals surface area contributed by atoms with Gasteiger partial charge in [-0.1, -0.05) is 25.3 Å². The Kier molecular flexibility index (Phi) is 4.74. The average molecular weight is 319 g/mol. The Morgan fingerprint density at radius 1 is 1.30 bits per heavy atom. The van der Waals surface area contributed by atoms with Crippen molar-refractivity contribution < 1.29 is 9.50 Å². The summed E-state index contributed by atoms with van der Waals surface area (Å²) in [4.78, 5) is 6.73. The lowest BCUT2D eigenvalue weighted by molar-refractivity contribution is 0.203. The zero-order valence-corrected chi connectivity index (χ0v) is 13.8. The summed E-state index contributed by atoms with van der Waals surface area (Å²) < 4.78 is 13.4. The fourth-order valence-electron chi connectivity index (χ4n) is 4.00. The number of hydrogen-bond donors (Lipinski definition) is 2. The van der Waals surface area contributed by atoms with E-state index < -0.39 is 5.82 Å². The molecule has 2 aliphatic rings. The van der Waals surface area contributed by atoms with Gasteiger partial charge < -0.3 is 15.3 Å². The molecule has 3 rings (SSSR count). The summed E-state index contributed by atoms with van der Waals surface area (Å²) in [6, 6.07) is 4.48. The van der Waals surface area contributed by atoms with Crippen molar-refractivity contribution in [1.29, 1.82) is 0 Å². The van der Waals surface area contributed by atoms with Crippen LogP contribution >= 0.6 is 0 Å². The van der Waals surface area contributed by atoms with Crippen LogP contribution in [-0.2, 0) is 6.54 Å². The second-order valence-corrected chi connectivity index (χ2v) is 6.92. The molecule has 0 unspecified atom stereocenters. The van der Waals surface area contributed by atoms with Crippen LogP contribution in [0, 0.1) is 11.2 Å². The Balaban J connectivity index is 1.59. The molecule has 23 heavy (non-hydrogen) atoms. The van der Waals surface area contributed by atoms with E-state index in [1.165, 1.54) is 50.7 Å². The molecule has 0 aromatic heterocycles. The van der Waals surface area contributed by atoms with E-state index in [1.54, 1.807) is 13.1 Å². The molecule has 1 saturated carbocycles. The van der Waals surface area contributed by atoms with Crippen LogP contribution in [0.2, 0.25) is 0 Å². The Hall–Kier alpha value is -1.78. The summed E-state index contributed by atoms with van der Waals surface area (Å²) in [6.45, 7) is 2.63. The predicted octanol–water partition coefficient (Wildman–Crippen LogP) is 3.26. The Morgan fingerprint density at radius 2 is 2.09 bits per heavy atom. The van der Waals surface area contributed by atoms with Crippen molar-refractivity contribution in [3.63, 3.8) is 0 Å². The summed E-state index contributed by atoms with van der Waals surface area (Å²) in [5, 5.41) is 12.6. The van der Waals surface area contributed by atoms with Crippen LogP contribution in [0.25, 0.3) is 0 Å². The first-order valence-electron chi connectivity index (χ1n) is 8.55. The molecule has 5 heteroatoms. The van der Waals surface area contributed by atoms with Crippen LogP contribution in [0.4, 0.5) is 4.39 Å². The van der Waals surface area contributed by atoms with Crippen LogP contribution in [0.3, 0.4) is 0 Å². The number of benzene rings is 1. The third-order valence-electron chi connectivity index (χ3n) is 5.33. The van der Waals surface area contributed by atoms with Gasteiger partial charge in [-0.15, -0.1) is 0 Å². The van der Waals surface area contributed by atoms with Gasteiger partial charge in [0, 0.05) is 26.7 Å². The molecule has 2 N–H and O–H groups in total. The van der Waals surface area contributed by atoms with E-state index in [2.05, 4.69) is 15.2 Å². The molecular weight excluding hydrogens is 293 g/mol. The number of aliphatic imine (C=N–C) groups is 1. The van der Waals surface area contributed by atoms with E-state index in [1.807, 2.05) is 0 Å². The lowest BCUT2D eigenvalue weighted by Gasteiger charge is -2.33. The SMILES string of the molecule is CN=C(NCc1ccc(O)c(F)c1)N1CCC2(CCCCC2)C1. The van der Waals surface area contributed by atoms with Crippen molar-refractivity contribution in [2.24, 2.45) is 10.4 Å². The van der Waals surface area contributed by atoms with Gasteiger partial charge in [0.15, 0.2) is 17.5 Å². The van der Waals surface area contributed by atoms with Gasteiger partial charge in [-0.25, -0.2) is 4.39 Å². The maximum absolute atomic E-state index is 13.4. The van der Waals surface area contributed by atoms with Crippen LogP contribution in [0.5, 0.6) is 5.75 Å². The van der Waals surface area contributed by atoms with E-state index in [-0.39, 0.29) is 5.75 Å². The van der Waals surface area contributed by atoms with Gasteiger partial charge in [0.1, 0.15) is 0 Å². The van der Waals surface area contributed by atoms with Gasteiger partial charge >= 0.3 is 0 Å². The first-order valence-corrected chi connectivity index (χ1v) is 8.55. The lowest BCUT2D eigenvalue weighted by atomic mass is 9.73. The fourth-order valence-corrected chi connectivity index (χ4v) is 4.00. The summed E-state index contributed by atoms with van der Waals surface area (Å²) >= 11 is 0. The minimum Gasteiger partial charge on any atom is -0.505 e. The topological polar surface area (TPSA) is 47.9 Å². The van der Waals surface area contributed by atoms with Gasteiger partial charge in [-0.05, 0) is 42.4 Å². The van der Waals surface area contributed by atoms with E-state index in [4.69, 9.17) is 0 Å². The second kappa shape index (κ2) is 6.77. The quantitative estimate of drug-likeness (QED) is 0.650. The summed E-state index contributed by atoms with van der Waals surface area (Å²) in [6.07, 6.45) is 8.01. The summed E-state index contributed by atoms with van der Waals surface area (Å²) in [5.74, 6) is -0.000495. The number of likely N-dealkylation sites (tertiary alicyclic amines) is 1. The van der Waals surface area contributed by atoms with Crippen LogP contribution in [0.15, 0.2) is 23.2 Å². The maximum Gasteiger partial charge on any atom is 0.193 e. The number of guanidine groups is 1. The van der Waals surface area contributed by atoms with Gasteiger partial charge in [0.25, 0.3) is 0 Å². The molecule has 1 aliphatic heterocycles. The maximum atomic E-state index is 13.4. The van der Waals surface area contributed by atoms with Crippen LogP contribution in [0.1, 0.15) is 44.1 Å². The molecule has 1 aromatic rings. The fraction of sp³-hybridized carbons (Fsp3) is 0.611. The molecule has 1 saturated heterocycles. The van der Waals surface area contributed by atoms with Gasteiger partial charge in [0.2, 0.25) is 0 Å².